The van der Waals surface area contributed by atoms with Gasteiger partial charge in [-0.25, -0.2) is 4.79 Å². The van der Waals surface area contributed by atoms with Crippen molar-refractivity contribution in [2.45, 2.75) is 19.3 Å². The Labute approximate surface area is 112 Å². The summed E-state index contributed by atoms with van der Waals surface area (Å²) in [7, 11) is 1.58. The van der Waals surface area contributed by atoms with Crippen molar-refractivity contribution in [1.29, 1.82) is 0 Å². The van der Waals surface area contributed by atoms with E-state index in [1.165, 1.54) is 18.9 Å². The zero-order valence-electron chi connectivity index (χ0n) is 11.0. The third kappa shape index (κ3) is 4.32. The summed E-state index contributed by atoms with van der Waals surface area (Å²) in [6.07, 6.45) is 6.30. The molecule has 0 heterocycles. The van der Waals surface area contributed by atoms with Crippen LogP contribution in [0, 0.1) is 5.92 Å². The number of hydrogen-bond donors (Lipinski definition) is 1. The molecular weight excluding hydrogens is 244 g/mol. The predicted octanol–water partition coefficient (Wildman–Crippen LogP) is 2.97. The maximum Gasteiger partial charge on any atom is 0.328 e. The van der Waals surface area contributed by atoms with E-state index >= 15 is 0 Å². The van der Waals surface area contributed by atoms with Crippen molar-refractivity contribution in [1.82, 2.24) is 0 Å². The van der Waals surface area contributed by atoms with Gasteiger partial charge in [-0.15, -0.1) is 0 Å². The fourth-order valence-electron chi connectivity index (χ4n) is 1.82. The molecule has 1 saturated carbocycles. The summed E-state index contributed by atoms with van der Waals surface area (Å²) in [5.74, 6) is 1.21. The molecule has 0 atom stereocenters. The lowest BCUT2D eigenvalue weighted by Crippen LogP contribution is -2.00. The van der Waals surface area contributed by atoms with Gasteiger partial charge in [0.05, 0.1) is 13.7 Å². The van der Waals surface area contributed by atoms with Gasteiger partial charge in [-0.1, -0.05) is 12.8 Å². The van der Waals surface area contributed by atoms with Crippen molar-refractivity contribution in [3.8, 4) is 11.5 Å². The van der Waals surface area contributed by atoms with E-state index in [9.17, 15) is 4.79 Å². The average Bonchev–Trinajstić information content (AvgIpc) is 3.21. The number of ether oxygens (including phenoxy) is 2. The van der Waals surface area contributed by atoms with Crippen LogP contribution in [-0.4, -0.2) is 24.8 Å². The van der Waals surface area contributed by atoms with E-state index in [1.807, 2.05) is 12.1 Å². The zero-order valence-corrected chi connectivity index (χ0v) is 11.0. The van der Waals surface area contributed by atoms with Crippen LogP contribution in [0.2, 0.25) is 0 Å². The van der Waals surface area contributed by atoms with E-state index < -0.39 is 5.97 Å². The van der Waals surface area contributed by atoms with Crippen LogP contribution in [-0.2, 0) is 4.79 Å². The Kier molecular flexibility index (Phi) is 4.44. The van der Waals surface area contributed by atoms with E-state index in [0.29, 0.717) is 18.1 Å². The Morgan fingerprint density at radius 2 is 2.26 bits per heavy atom. The van der Waals surface area contributed by atoms with Crippen LogP contribution >= 0.6 is 0 Å². The van der Waals surface area contributed by atoms with Crippen molar-refractivity contribution < 1.29 is 19.4 Å². The summed E-state index contributed by atoms with van der Waals surface area (Å²) >= 11 is 0. The van der Waals surface area contributed by atoms with Crippen LogP contribution in [0.1, 0.15) is 24.8 Å². The molecule has 1 aliphatic carbocycles. The molecule has 1 fully saturated rings. The minimum Gasteiger partial charge on any atom is -0.497 e. The molecular formula is C15H18O4. The smallest absolute Gasteiger partial charge is 0.328 e. The summed E-state index contributed by atoms with van der Waals surface area (Å²) in [4.78, 5) is 10.6. The van der Waals surface area contributed by atoms with Gasteiger partial charge in [0.15, 0.2) is 0 Å². The summed E-state index contributed by atoms with van der Waals surface area (Å²) in [5.41, 5.74) is 0.720. The molecule has 0 unspecified atom stereocenters. The Hall–Kier alpha value is -1.97. The summed E-state index contributed by atoms with van der Waals surface area (Å²) in [6.45, 7) is 0.672. The quantitative estimate of drug-likeness (QED) is 0.767. The maximum absolute atomic E-state index is 10.6. The highest BCUT2D eigenvalue weighted by atomic mass is 16.5. The molecule has 1 N–H and O–H groups in total. The van der Waals surface area contributed by atoms with Crippen molar-refractivity contribution in [3.05, 3.63) is 29.8 Å². The molecule has 1 aromatic rings. The molecule has 4 heteroatoms. The highest BCUT2D eigenvalue weighted by Crippen LogP contribution is 2.33. The van der Waals surface area contributed by atoms with Gasteiger partial charge in [-0.05, 0) is 36.6 Å². The van der Waals surface area contributed by atoms with Gasteiger partial charge in [0.1, 0.15) is 11.5 Å². The van der Waals surface area contributed by atoms with Gasteiger partial charge in [0.2, 0.25) is 0 Å². The van der Waals surface area contributed by atoms with E-state index in [-0.39, 0.29) is 0 Å². The minimum atomic E-state index is -0.980. The molecule has 1 aromatic carbocycles. The Morgan fingerprint density at radius 1 is 1.47 bits per heavy atom. The van der Waals surface area contributed by atoms with E-state index in [0.717, 1.165) is 24.0 Å². The van der Waals surface area contributed by atoms with Crippen LogP contribution in [0.25, 0.3) is 6.08 Å². The number of hydrogen-bond acceptors (Lipinski definition) is 3. The highest BCUT2D eigenvalue weighted by molar-refractivity contribution is 5.86. The third-order valence-corrected chi connectivity index (χ3v) is 3.10. The second kappa shape index (κ2) is 6.27. The van der Waals surface area contributed by atoms with Crippen molar-refractivity contribution in [2.75, 3.05) is 13.7 Å². The molecule has 0 bridgehead atoms. The van der Waals surface area contributed by atoms with Crippen molar-refractivity contribution >= 4 is 12.0 Å². The molecule has 1 aliphatic rings. The topological polar surface area (TPSA) is 55.8 Å². The molecule has 0 radical (unpaired) electrons. The molecule has 0 spiro atoms. The predicted molar refractivity (Wildman–Crippen MR) is 72.5 cm³/mol. The fourth-order valence-corrected chi connectivity index (χ4v) is 1.82. The number of carbonyl (C=O) groups is 1. The van der Waals surface area contributed by atoms with Crippen molar-refractivity contribution in [2.24, 2.45) is 5.92 Å². The van der Waals surface area contributed by atoms with Gasteiger partial charge in [0, 0.05) is 11.6 Å². The Morgan fingerprint density at radius 3 is 2.89 bits per heavy atom. The van der Waals surface area contributed by atoms with Gasteiger partial charge < -0.3 is 14.6 Å². The first kappa shape index (κ1) is 13.5. The lowest BCUT2D eigenvalue weighted by Gasteiger charge is -2.10. The number of carboxylic acid groups (broad SMARTS) is 1. The molecule has 0 aromatic heterocycles. The second-order valence-corrected chi connectivity index (χ2v) is 4.66. The second-order valence-electron chi connectivity index (χ2n) is 4.66. The standard InChI is InChI=1S/C15H18O4/c1-18-13-5-6-14(19-9-8-11-2-3-11)12(10-13)4-7-15(16)17/h4-7,10-11H,2-3,8-9H2,1H3,(H,16,17). The number of benzene rings is 1. The van der Waals surface area contributed by atoms with E-state index in [2.05, 4.69) is 0 Å². The number of methoxy groups -OCH3 is 1. The number of carboxylic acids is 1. The summed E-state index contributed by atoms with van der Waals surface area (Å²) in [5, 5.41) is 8.69. The average molecular weight is 262 g/mol. The number of rotatable bonds is 7. The Balaban J connectivity index is 2.07. The van der Waals surface area contributed by atoms with Crippen LogP contribution in [0.5, 0.6) is 11.5 Å². The summed E-state index contributed by atoms with van der Waals surface area (Å²) in [6, 6.07) is 5.39. The maximum atomic E-state index is 10.6. The van der Waals surface area contributed by atoms with E-state index in [1.54, 1.807) is 13.2 Å². The minimum absolute atomic E-state index is 0.672. The van der Waals surface area contributed by atoms with Gasteiger partial charge in [-0.3, -0.25) is 0 Å². The zero-order chi connectivity index (χ0) is 13.7. The molecule has 2 rings (SSSR count). The summed E-state index contributed by atoms with van der Waals surface area (Å²) < 4.78 is 10.9. The van der Waals surface area contributed by atoms with Crippen molar-refractivity contribution in [3.63, 3.8) is 0 Å². The van der Waals surface area contributed by atoms with Gasteiger partial charge in [-0.2, -0.15) is 0 Å². The van der Waals surface area contributed by atoms with Crippen LogP contribution in [0.3, 0.4) is 0 Å². The molecule has 0 saturated heterocycles. The molecule has 0 aliphatic heterocycles. The first-order chi connectivity index (χ1) is 9.19. The van der Waals surface area contributed by atoms with Gasteiger partial charge in [0.25, 0.3) is 0 Å². The lowest BCUT2D eigenvalue weighted by atomic mass is 10.1. The largest absolute Gasteiger partial charge is 0.497 e. The molecule has 4 nitrogen and oxygen atoms in total. The molecule has 102 valence electrons. The molecule has 19 heavy (non-hydrogen) atoms. The molecule has 0 amide bonds. The van der Waals surface area contributed by atoms with Crippen LogP contribution in [0.15, 0.2) is 24.3 Å². The fraction of sp³-hybridized carbons (Fsp3) is 0.400. The van der Waals surface area contributed by atoms with Crippen LogP contribution in [0.4, 0.5) is 0 Å². The lowest BCUT2D eigenvalue weighted by molar-refractivity contribution is -0.131. The first-order valence-electron chi connectivity index (χ1n) is 6.41. The SMILES string of the molecule is COc1ccc(OCCC2CC2)c(C=CC(=O)O)c1. The first-order valence-corrected chi connectivity index (χ1v) is 6.41. The third-order valence-electron chi connectivity index (χ3n) is 3.10. The number of aliphatic carboxylic acids is 1. The highest BCUT2D eigenvalue weighted by Gasteiger charge is 2.20. The monoisotopic (exact) mass is 262 g/mol. The van der Waals surface area contributed by atoms with E-state index in [4.69, 9.17) is 14.6 Å². The van der Waals surface area contributed by atoms with Gasteiger partial charge >= 0.3 is 5.97 Å². The van der Waals surface area contributed by atoms with Crippen LogP contribution < -0.4 is 9.47 Å². The Bertz CT molecular complexity index is 475. The normalized spacial score (nSPS) is 14.6.